The van der Waals surface area contributed by atoms with Gasteiger partial charge in [0.1, 0.15) is 11.8 Å². The fourth-order valence-electron chi connectivity index (χ4n) is 1.87. The molecule has 0 aliphatic carbocycles. The summed E-state index contributed by atoms with van der Waals surface area (Å²) < 4.78 is 4.96. The Bertz CT molecular complexity index is 717. The number of benzene rings is 1. The lowest BCUT2D eigenvalue weighted by Gasteiger charge is -2.11. The van der Waals surface area contributed by atoms with Crippen LogP contribution in [0.4, 0.5) is 11.4 Å². The highest BCUT2D eigenvalue weighted by Crippen LogP contribution is 2.17. The van der Waals surface area contributed by atoms with E-state index < -0.39 is 6.10 Å². The number of nitrogens with zero attached hydrogens (tertiary/aromatic N) is 1. The van der Waals surface area contributed by atoms with E-state index in [0.29, 0.717) is 30.0 Å². The number of amides is 2. The average Bonchev–Trinajstić information content (AvgIpc) is 3.03. The molecule has 1 heterocycles. The van der Waals surface area contributed by atoms with Crippen molar-refractivity contribution in [3.05, 3.63) is 40.3 Å². The molecule has 0 bridgehead atoms. The molecular weight excluding hydrogens is 328 g/mol. The third kappa shape index (κ3) is 4.85. The molecule has 2 amide bonds. The number of nitrogens with one attached hydrogen (secondary N) is 2. The van der Waals surface area contributed by atoms with Crippen molar-refractivity contribution in [3.8, 4) is 0 Å². The predicted molar refractivity (Wildman–Crippen MR) is 94.4 cm³/mol. The van der Waals surface area contributed by atoms with Crippen LogP contribution in [0.5, 0.6) is 0 Å². The van der Waals surface area contributed by atoms with Gasteiger partial charge in [-0.3, -0.25) is 9.59 Å². The van der Waals surface area contributed by atoms with Crippen molar-refractivity contribution >= 4 is 34.5 Å². The van der Waals surface area contributed by atoms with E-state index in [0.717, 1.165) is 5.01 Å². The molecule has 1 unspecified atom stereocenters. The number of methoxy groups -OCH3 is 1. The van der Waals surface area contributed by atoms with E-state index in [1.54, 1.807) is 36.6 Å². The van der Waals surface area contributed by atoms with E-state index >= 15 is 0 Å². The number of hydrogen-bond acceptors (Lipinski definition) is 6. The van der Waals surface area contributed by atoms with Crippen molar-refractivity contribution in [3.63, 3.8) is 0 Å². The summed E-state index contributed by atoms with van der Waals surface area (Å²) in [6.45, 7) is 2.15. The molecule has 128 valence electrons. The molecule has 0 radical (unpaired) electrons. The van der Waals surface area contributed by atoms with Crippen LogP contribution in [0.1, 0.15) is 22.4 Å². The molecule has 0 saturated carbocycles. The first kappa shape index (κ1) is 18.1. The summed E-state index contributed by atoms with van der Waals surface area (Å²) in [5.74, 6) is -0.560. The maximum Gasteiger partial charge on any atom is 0.275 e. The maximum absolute atomic E-state index is 12.2. The van der Waals surface area contributed by atoms with Gasteiger partial charge in [-0.25, -0.2) is 4.98 Å². The molecule has 2 rings (SSSR count). The number of hydrogen-bond donors (Lipinski definition) is 3. The fraction of sp³-hybridized carbons (Fsp3) is 0.312. The molecule has 1 aromatic carbocycles. The molecule has 24 heavy (non-hydrogen) atoms. The van der Waals surface area contributed by atoms with Crippen LogP contribution in [0, 0.1) is 0 Å². The van der Waals surface area contributed by atoms with Gasteiger partial charge in [0.05, 0.1) is 5.01 Å². The molecule has 2 aromatic rings. The Labute approximate surface area is 144 Å². The monoisotopic (exact) mass is 348 g/mol. The Morgan fingerprint density at radius 1 is 1.33 bits per heavy atom. The van der Waals surface area contributed by atoms with Gasteiger partial charge in [0.25, 0.3) is 11.8 Å². The summed E-state index contributed by atoms with van der Waals surface area (Å²) in [7, 11) is 1.47. The Morgan fingerprint density at radius 2 is 2.04 bits per heavy atom. The van der Waals surface area contributed by atoms with E-state index in [1.807, 2.05) is 0 Å². The van der Waals surface area contributed by atoms with E-state index in [4.69, 9.17) is 10.5 Å². The van der Waals surface area contributed by atoms with Crippen LogP contribution in [0.2, 0.25) is 0 Å². The molecule has 0 saturated heterocycles. The number of carbonyl (C=O) groups is 2. The second-order valence-corrected chi connectivity index (χ2v) is 6.01. The Morgan fingerprint density at radius 3 is 2.71 bits per heavy atom. The summed E-state index contributed by atoms with van der Waals surface area (Å²) in [6.07, 6.45) is 0.0937. The summed E-state index contributed by atoms with van der Waals surface area (Å²) >= 11 is 1.41. The number of anilines is 2. The lowest BCUT2D eigenvalue weighted by Crippen LogP contribution is -2.26. The lowest BCUT2D eigenvalue weighted by molar-refractivity contribution is -0.124. The maximum atomic E-state index is 12.2. The van der Waals surface area contributed by atoms with Crippen molar-refractivity contribution in [2.45, 2.75) is 19.4 Å². The van der Waals surface area contributed by atoms with E-state index in [1.165, 1.54) is 18.4 Å². The van der Waals surface area contributed by atoms with Crippen molar-refractivity contribution in [2.24, 2.45) is 5.73 Å². The van der Waals surface area contributed by atoms with Crippen molar-refractivity contribution in [1.82, 2.24) is 4.98 Å². The third-order valence-electron chi connectivity index (χ3n) is 3.25. The zero-order valence-electron chi connectivity index (χ0n) is 13.5. The van der Waals surface area contributed by atoms with Crippen LogP contribution in [0.15, 0.2) is 29.6 Å². The Hall–Kier alpha value is -2.29. The van der Waals surface area contributed by atoms with Gasteiger partial charge < -0.3 is 21.1 Å². The minimum atomic E-state index is -0.556. The van der Waals surface area contributed by atoms with Gasteiger partial charge in [0.15, 0.2) is 0 Å². The second kappa shape index (κ2) is 8.53. The molecule has 0 aliphatic rings. The minimum Gasteiger partial charge on any atom is -0.372 e. The molecule has 0 fully saturated rings. The van der Waals surface area contributed by atoms with Crippen molar-refractivity contribution in [1.29, 1.82) is 0 Å². The molecule has 7 nitrogen and oxygen atoms in total. The molecular formula is C16H20N4O3S. The first-order valence-electron chi connectivity index (χ1n) is 7.43. The highest BCUT2D eigenvalue weighted by atomic mass is 32.1. The zero-order chi connectivity index (χ0) is 17.5. The summed E-state index contributed by atoms with van der Waals surface area (Å²) in [5.41, 5.74) is 6.97. The van der Waals surface area contributed by atoms with Gasteiger partial charge in [-0.05, 0) is 31.7 Å². The molecule has 1 aromatic heterocycles. The van der Waals surface area contributed by atoms with Crippen LogP contribution in [0.25, 0.3) is 0 Å². The van der Waals surface area contributed by atoms with E-state index in [9.17, 15) is 9.59 Å². The Kier molecular flexibility index (Phi) is 6.42. The lowest BCUT2D eigenvalue weighted by atomic mass is 10.2. The zero-order valence-corrected chi connectivity index (χ0v) is 14.4. The van der Waals surface area contributed by atoms with Crippen LogP contribution < -0.4 is 16.4 Å². The number of rotatable bonds is 7. The van der Waals surface area contributed by atoms with Gasteiger partial charge in [-0.2, -0.15) is 0 Å². The SMILES string of the molecule is COC(C)C(=O)Nc1cccc(NC(=O)c2csc(CCN)n2)c1. The number of ether oxygens (including phenoxy) is 1. The fourth-order valence-corrected chi connectivity index (χ4v) is 2.67. The van der Waals surface area contributed by atoms with Crippen LogP contribution in [-0.4, -0.2) is 36.6 Å². The predicted octanol–water partition coefficient (Wildman–Crippen LogP) is 1.87. The van der Waals surface area contributed by atoms with Gasteiger partial charge >= 0.3 is 0 Å². The summed E-state index contributed by atoms with van der Waals surface area (Å²) in [5, 5.41) is 8.02. The summed E-state index contributed by atoms with van der Waals surface area (Å²) in [6, 6.07) is 6.88. The standard InChI is InChI=1S/C16H20N4O3S/c1-10(23-2)15(21)18-11-4-3-5-12(8-11)19-16(22)13-9-24-14(20-13)6-7-17/h3-5,8-10H,6-7,17H2,1-2H3,(H,18,21)(H,19,22). The number of nitrogens with two attached hydrogens (primary N) is 1. The van der Waals surface area contributed by atoms with Crippen LogP contribution in [0.3, 0.4) is 0 Å². The third-order valence-corrected chi connectivity index (χ3v) is 4.16. The number of aromatic nitrogens is 1. The van der Waals surface area contributed by atoms with Gasteiger partial charge in [0.2, 0.25) is 0 Å². The topological polar surface area (TPSA) is 106 Å². The summed E-state index contributed by atoms with van der Waals surface area (Å²) in [4.78, 5) is 28.3. The van der Waals surface area contributed by atoms with Gasteiger partial charge in [-0.15, -0.1) is 11.3 Å². The quantitative estimate of drug-likeness (QED) is 0.708. The Balaban J connectivity index is 2.02. The van der Waals surface area contributed by atoms with E-state index in [-0.39, 0.29) is 11.8 Å². The first-order valence-corrected chi connectivity index (χ1v) is 8.31. The van der Waals surface area contributed by atoms with Crippen molar-refractivity contribution < 1.29 is 14.3 Å². The molecule has 4 N–H and O–H groups in total. The smallest absolute Gasteiger partial charge is 0.275 e. The highest BCUT2D eigenvalue weighted by Gasteiger charge is 2.13. The van der Waals surface area contributed by atoms with Gasteiger partial charge in [-0.1, -0.05) is 6.07 Å². The molecule has 0 aliphatic heterocycles. The largest absolute Gasteiger partial charge is 0.372 e. The second-order valence-electron chi connectivity index (χ2n) is 5.07. The minimum absolute atomic E-state index is 0.257. The number of thiazole rings is 1. The molecule has 8 heteroatoms. The molecule has 0 spiro atoms. The number of carbonyl (C=O) groups excluding carboxylic acids is 2. The average molecular weight is 348 g/mol. The normalized spacial score (nSPS) is 11.8. The van der Waals surface area contributed by atoms with Crippen LogP contribution in [-0.2, 0) is 16.0 Å². The van der Waals surface area contributed by atoms with Crippen LogP contribution >= 0.6 is 11.3 Å². The van der Waals surface area contributed by atoms with Gasteiger partial charge in [0, 0.05) is 30.3 Å². The van der Waals surface area contributed by atoms with Crippen molar-refractivity contribution in [2.75, 3.05) is 24.3 Å². The highest BCUT2D eigenvalue weighted by molar-refractivity contribution is 7.09. The van der Waals surface area contributed by atoms with E-state index in [2.05, 4.69) is 15.6 Å². The molecule has 1 atom stereocenters. The first-order chi connectivity index (χ1) is 11.5.